The first-order valence-corrected chi connectivity index (χ1v) is 9.80. The van der Waals surface area contributed by atoms with Crippen LogP contribution in [0.25, 0.3) is 0 Å². The van der Waals surface area contributed by atoms with Gasteiger partial charge in [0, 0.05) is 49.2 Å². The van der Waals surface area contributed by atoms with Crippen molar-refractivity contribution in [3.05, 3.63) is 81.7 Å². The van der Waals surface area contributed by atoms with Crippen LogP contribution in [-0.4, -0.2) is 22.5 Å². The predicted octanol–water partition coefficient (Wildman–Crippen LogP) is 3.72. The number of carbonyl (C=O) groups is 1. The van der Waals surface area contributed by atoms with E-state index in [1.807, 2.05) is 36.4 Å². The maximum absolute atomic E-state index is 12.5. The Labute approximate surface area is 171 Å². The van der Waals surface area contributed by atoms with E-state index in [1.165, 1.54) is 0 Å². The summed E-state index contributed by atoms with van der Waals surface area (Å²) in [6.07, 6.45) is 6.01. The molecule has 0 atom stereocenters. The lowest BCUT2D eigenvalue weighted by Crippen LogP contribution is -2.23. The molecule has 28 heavy (non-hydrogen) atoms. The molecule has 0 bridgehead atoms. The van der Waals surface area contributed by atoms with Crippen LogP contribution in [0.4, 0.5) is 5.82 Å². The average molecular weight is 439 g/mol. The molecule has 142 valence electrons. The molecule has 3 aromatic rings. The molecule has 2 N–H and O–H groups in total. The molecule has 6 nitrogen and oxygen atoms in total. The van der Waals surface area contributed by atoms with Crippen LogP contribution in [0.3, 0.4) is 0 Å². The Morgan fingerprint density at radius 2 is 2.00 bits per heavy atom. The molecular weight excluding hydrogens is 420 g/mol. The van der Waals surface area contributed by atoms with E-state index in [4.69, 9.17) is 4.74 Å². The van der Waals surface area contributed by atoms with Gasteiger partial charge in [-0.3, -0.25) is 9.78 Å². The number of carbonyl (C=O) groups excluding carboxylic acids is 1. The van der Waals surface area contributed by atoms with Crippen molar-refractivity contribution in [3.8, 4) is 5.75 Å². The van der Waals surface area contributed by atoms with E-state index in [9.17, 15) is 4.79 Å². The van der Waals surface area contributed by atoms with E-state index < -0.39 is 0 Å². The lowest BCUT2D eigenvalue weighted by atomic mass is 10.1. The van der Waals surface area contributed by atoms with Gasteiger partial charge in [0.2, 0.25) is 0 Å². The summed E-state index contributed by atoms with van der Waals surface area (Å²) in [4.78, 5) is 20.9. The molecule has 1 aromatic carbocycles. The van der Waals surface area contributed by atoms with Gasteiger partial charge in [-0.1, -0.05) is 12.1 Å². The first-order chi connectivity index (χ1) is 13.7. The SMILES string of the molecule is O=C(NCc1ccncc1)c1cccc(CNc2ncc(Br)c3c2CCO3)c1. The summed E-state index contributed by atoms with van der Waals surface area (Å²) < 4.78 is 6.53. The predicted molar refractivity (Wildman–Crippen MR) is 110 cm³/mol. The number of nitrogens with one attached hydrogen (secondary N) is 2. The second kappa shape index (κ2) is 8.39. The molecule has 1 aliphatic heterocycles. The number of amides is 1. The minimum Gasteiger partial charge on any atom is -0.492 e. The van der Waals surface area contributed by atoms with Crippen molar-refractivity contribution in [2.24, 2.45) is 0 Å². The van der Waals surface area contributed by atoms with Crippen LogP contribution in [0.2, 0.25) is 0 Å². The van der Waals surface area contributed by atoms with Crippen LogP contribution in [-0.2, 0) is 19.5 Å². The van der Waals surface area contributed by atoms with Crippen molar-refractivity contribution >= 4 is 27.7 Å². The largest absolute Gasteiger partial charge is 0.492 e. The molecule has 1 amide bonds. The average Bonchev–Trinajstić information content (AvgIpc) is 3.24. The summed E-state index contributed by atoms with van der Waals surface area (Å²) >= 11 is 3.47. The van der Waals surface area contributed by atoms with E-state index in [0.29, 0.717) is 25.3 Å². The fraction of sp³-hybridized carbons (Fsp3) is 0.190. The Balaban J connectivity index is 1.40. The summed E-state index contributed by atoms with van der Waals surface area (Å²) in [6, 6.07) is 11.4. The number of hydrogen-bond donors (Lipinski definition) is 2. The molecule has 3 heterocycles. The van der Waals surface area contributed by atoms with Gasteiger partial charge in [0.1, 0.15) is 11.6 Å². The normalized spacial score (nSPS) is 12.2. The van der Waals surface area contributed by atoms with Crippen molar-refractivity contribution in [1.29, 1.82) is 0 Å². The molecule has 0 saturated heterocycles. The van der Waals surface area contributed by atoms with Gasteiger partial charge in [-0.05, 0) is 51.3 Å². The van der Waals surface area contributed by atoms with Crippen LogP contribution < -0.4 is 15.4 Å². The minimum absolute atomic E-state index is 0.102. The Kier molecular flexibility index (Phi) is 5.53. The van der Waals surface area contributed by atoms with Gasteiger partial charge >= 0.3 is 0 Å². The zero-order valence-corrected chi connectivity index (χ0v) is 16.7. The molecule has 0 radical (unpaired) electrons. The van der Waals surface area contributed by atoms with E-state index in [0.717, 1.165) is 39.2 Å². The number of nitrogens with zero attached hydrogens (tertiary/aromatic N) is 2. The molecule has 4 rings (SSSR count). The van der Waals surface area contributed by atoms with Gasteiger partial charge in [0.25, 0.3) is 5.91 Å². The maximum Gasteiger partial charge on any atom is 0.251 e. The third kappa shape index (κ3) is 4.14. The maximum atomic E-state index is 12.5. The number of aromatic nitrogens is 2. The zero-order chi connectivity index (χ0) is 19.3. The highest BCUT2D eigenvalue weighted by atomic mass is 79.9. The van der Waals surface area contributed by atoms with Gasteiger partial charge in [-0.2, -0.15) is 0 Å². The lowest BCUT2D eigenvalue weighted by molar-refractivity contribution is 0.0951. The number of hydrogen-bond acceptors (Lipinski definition) is 5. The minimum atomic E-state index is -0.102. The lowest BCUT2D eigenvalue weighted by Gasteiger charge is -2.11. The molecule has 7 heteroatoms. The monoisotopic (exact) mass is 438 g/mol. The van der Waals surface area contributed by atoms with Crippen LogP contribution in [0, 0.1) is 0 Å². The summed E-state index contributed by atoms with van der Waals surface area (Å²) in [7, 11) is 0. The quantitative estimate of drug-likeness (QED) is 0.613. The standard InChI is InChI=1S/C21H19BrN4O2/c22-18-13-25-20(17-6-9-28-19(17)18)24-12-15-2-1-3-16(10-15)21(27)26-11-14-4-7-23-8-5-14/h1-5,7-8,10,13H,6,9,11-12H2,(H,24,25)(H,26,27). The molecule has 0 aliphatic carbocycles. The van der Waals surface area contributed by atoms with Crippen molar-refractivity contribution < 1.29 is 9.53 Å². The van der Waals surface area contributed by atoms with E-state index >= 15 is 0 Å². The van der Waals surface area contributed by atoms with Crippen molar-refractivity contribution in [3.63, 3.8) is 0 Å². The summed E-state index contributed by atoms with van der Waals surface area (Å²) in [5, 5.41) is 6.30. The second-order valence-corrected chi connectivity index (χ2v) is 7.31. The van der Waals surface area contributed by atoms with E-state index in [-0.39, 0.29) is 5.91 Å². The number of pyridine rings is 2. The first-order valence-electron chi connectivity index (χ1n) is 9.01. The highest BCUT2D eigenvalue weighted by Gasteiger charge is 2.20. The van der Waals surface area contributed by atoms with E-state index in [1.54, 1.807) is 18.6 Å². The fourth-order valence-corrected chi connectivity index (χ4v) is 3.55. The number of ether oxygens (including phenoxy) is 1. The van der Waals surface area contributed by atoms with Crippen LogP contribution >= 0.6 is 15.9 Å². The molecule has 1 aliphatic rings. The third-order valence-electron chi connectivity index (χ3n) is 4.53. The van der Waals surface area contributed by atoms with Crippen molar-refractivity contribution in [1.82, 2.24) is 15.3 Å². The Bertz CT molecular complexity index is 995. The smallest absolute Gasteiger partial charge is 0.251 e. The van der Waals surface area contributed by atoms with E-state index in [2.05, 4.69) is 36.5 Å². The number of anilines is 1. The molecule has 0 fully saturated rings. The number of benzene rings is 1. The Hall–Kier alpha value is -2.93. The van der Waals surface area contributed by atoms with Gasteiger partial charge in [0.05, 0.1) is 11.1 Å². The molecular formula is C21H19BrN4O2. The zero-order valence-electron chi connectivity index (χ0n) is 15.1. The van der Waals surface area contributed by atoms with Gasteiger partial charge in [-0.25, -0.2) is 4.98 Å². The van der Waals surface area contributed by atoms with Crippen molar-refractivity contribution in [2.45, 2.75) is 19.5 Å². The molecule has 0 spiro atoms. The van der Waals surface area contributed by atoms with Gasteiger partial charge in [-0.15, -0.1) is 0 Å². The summed E-state index contributed by atoms with van der Waals surface area (Å²) in [6.45, 7) is 1.72. The topological polar surface area (TPSA) is 76.1 Å². The van der Waals surface area contributed by atoms with Crippen molar-refractivity contribution in [2.75, 3.05) is 11.9 Å². The molecule has 2 aromatic heterocycles. The first kappa shape index (κ1) is 18.4. The fourth-order valence-electron chi connectivity index (χ4n) is 3.10. The molecule has 0 saturated carbocycles. The van der Waals surface area contributed by atoms with Gasteiger partial charge in [0.15, 0.2) is 0 Å². The Morgan fingerprint density at radius 1 is 1.14 bits per heavy atom. The number of fused-ring (bicyclic) bond motifs is 1. The highest BCUT2D eigenvalue weighted by Crippen LogP contribution is 2.36. The summed E-state index contributed by atoms with van der Waals surface area (Å²) in [5.41, 5.74) is 3.74. The van der Waals surface area contributed by atoms with Gasteiger partial charge < -0.3 is 15.4 Å². The highest BCUT2D eigenvalue weighted by molar-refractivity contribution is 9.10. The third-order valence-corrected chi connectivity index (χ3v) is 5.10. The second-order valence-electron chi connectivity index (χ2n) is 6.45. The summed E-state index contributed by atoms with van der Waals surface area (Å²) in [5.74, 6) is 1.58. The Morgan fingerprint density at radius 3 is 2.86 bits per heavy atom. The number of halogens is 1. The van der Waals surface area contributed by atoms with Crippen LogP contribution in [0.5, 0.6) is 5.75 Å². The molecule has 0 unspecified atom stereocenters. The van der Waals surface area contributed by atoms with Crippen LogP contribution in [0.15, 0.2) is 59.5 Å². The van der Waals surface area contributed by atoms with Crippen LogP contribution in [0.1, 0.15) is 27.0 Å². The number of rotatable bonds is 6.